The van der Waals surface area contributed by atoms with Crippen LogP contribution >= 0.6 is 15.9 Å². The van der Waals surface area contributed by atoms with Crippen LogP contribution in [-0.2, 0) is 6.54 Å². The normalized spacial score (nSPS) is 10.3. The number of nitrogens with two attached hydrogens (primary N) is 1. The molecule has 1 aromatic carbocycles. The molecule has 0 aliphatic heterocycles. The first kappa shape index (κ1) is 14.2. The van der Waals surface area contributed by atoms with Crippen molar-refractivity contribution in [1.29, 1.82) is 0 Å². The third-order valence-electron chi connectivity index (χ3n) is 2.71. The van der Waals surface area contributed by atoms with Crippen molar-refractivity contribution in [3.63, 3.8) is 0 Å². The van der Waals surface area contributed by atoms with Crippen LogP contribution in [0.4, 0.5) is 11.4 Å². The average Bonchev–Trinajstić information content (AvgIpc) is 2.42. The number of aromatic nitrogens is 1. The molecule has 0 aliphatic carbocycles. The summed E-state index contributed by atoms with van der Waals surface area (Å²) in [6, 6.07) is 7.64. The van der Waals surface area contributed by atoms with E-state index in [4.69, 9.17) is 5.84 Å². The summed E-state index contributed by atoms with van der Waals surface area (Å²) >= 11 is 3.28. The Hall–Kier alpha value is -2.19. The molecule has 0 atom stereocenters. The van der Waals surface area contributed by atoms with Gasteiger partial charge in [-0.2, -0.15) is 0 Å². The summed E-state index contributed by atoms with van der Waals surface area (Å²) < 4.78 is 2.21. The van der Waals surface area contributed by atoms with Gasteiger partial charge in [-0.25, -0.2) is 0 Å². The Labute approximate surface area is 122 Å². The number of nitro benzene ring substituents is 1. The van der Waals surface area contributed by atoms with Crippen LogP contribution in [0.2, 0.25) is 0 Å². The number of nitro groups is 1. The maximum Gasteiger partial charge on any atom is 0.293 e. The van der Waals surface area contributed by atoms with Gasteiger partial charge in [0, 0.05) is 22.8 Å². The number of halogens is 1. The fourth-order valence-corrected chi connectivity index (χ4v) is 2.15. The molecular weight excluding hydrogens is 328 g/mol. The molecule has 0 radical (unpaired) electrons. The highest BCUT2D eigenvalue weighted by Crippen LogP contribution is 2.24. The SMILES string of the molecule is NNc1ccc(Cn2cc(Br)ccc2=O)cc1[N+](=O)[O-]. The van der Waals surface area contributed by atoms with E-state index >= 15 is 0 Å². The third kappa shape index (κ3) is 3.03. The van der Waals surface area contributed by atoms with Gasteiger partial charge in [-0.1, -0.05) is 6.07 Å². The van der Waals surface area contributed by atoms with E-state index in [1.54, 1.807) is 18.3 Å². The summed E-state index contributed by atoms with van der Waals surface area (Å²) in [6.07, 6.45) is 1.63. The fraction of sp³-hybridized carbons (Fsp3) is 0.0833. The molecule has 0 aliphatic rings. The van der Waals surface area contributed by atoms with Crippen molar-refractivity contribution in [3.8, 4) is 0 Å². The third-order valence-corrected chi connectivity index (χ3v) is 3.18. The van der Waals surface area contributed by atoms with Crippen LogP contribution in [0.15, 0.2) is 45.8 Å². The van der Waals surface area contributed by atoms with Gasteiger partial charge in [-0.15, -0.1) is 0 Å². The smallest absolute Gasteiger partial charge is 0.293 e. The summed E-state index contributed by atoms with van der Waals surface area (Å²) in [7, 11) is 0. The highest BCUT2D eigenvalue weighted by Gasteiger charge is 2.14. The maximum absolute atomic E-state index is 11.7. The molecule has 1 aromatic heterocycles. The maximum atomic E-state index is 11.7. The van der Waals surface area contributed by atoms with Crippen LogP contribution in [-0.4, -0.2) is 9.49 Å². The molecule has 0 amide bonds. The van der Waals surface area contributed by atoms with E-state index in [1.807, 2.05) is 0 Å². The van der Waals surface area contributed by atoms with E-state index in [0.717, 1.165) is 4.47 Å². The Balaban J connectivity index is 2.39. The van der Waals surface area contributed by atoms with Crippen molar-refractivity contribution in [2.75, 3.05) is 5.43 Å². The van der Waals surface area contributed by atoms with Crippen LogP contribution < -0.4 is 16.8 Å². The molecule has 0 saturated carbocycles. The van der Waals surface area contributed by atoms with Gasteiger partial charge in [0.2, 0.25) is 0 Å². The molecule has 0 saturated heterocycles. The quantitative estimate of drug-likeness (QED) is 0.503. The molecule has 104 valence electrons. The zero-order chi connectivity index (χ0) is 14.7. The lowest BCUT2D eigenvalue weighted by atomic mass is 10.1. The molecule has 0 unspecified atom stereocenters. The van der Waals surface area contributed by atoms with E-state index < -0.39 is 4.92 Å². The lowest BCUT2D eigenvalue weighted by Crippen LogP contribution is -2.19. The van der Waals surface area contributed by atoms with Crippen molar-refractivity contribution in [2.45, 2.75) is 6.54 Å². The lowest BCUT2D eigenvalue weighted by Gasteiger charge is -2.08. The van der Waals surface area contributed by atoms with Gasteiger partial charge in [-0.3, -0.25) is 20.8 Å². The van der Waals surface area contributed by atoms with Crippen LogP contribution in [0, 0.1) is 10.1 Å². The minimum Gasteiger partial charge on any atom is -0.318 e. The van der Waals surface area contributed by atoms with E-state index in [9.17, 15) is 14.9 Å². The van der Waals surface area contributed by atoms with Gasteiger partial charge in [0.25, 0.3) is 11.2 Å². The number of anilines is 1. The zero-order valence-electron chi connectivity index (χ0n) is 10.2. The van der Waals surface area contributed by atoms with Crippen molar-refractivity contribution in [1.82, 2.24) is 4.57 Å². The standard InChI is InChI=1S/C12H11BrN4O3/c13-9-2-4-12(18)16(7-9)6-8-1-3-10(15-14)11(5-8)17(19)20/h1-5,7,15H,6,14H2. The summed E-state index contributed by atoms with van der Waals surface area (Å²) in [5.74, 6) is 5.22. The van der Waals surface area contributed by atoms with Gasteiger partial charge in [-0.05, 0) is 33.6 Å². The molecule has 3 N–H and O–H groups in total. The number of pyridine rings is 1. The van der Waals surface area contributed by atoms with Crippen molar-refractivity contribution in [2.24, 2.45) is 5.84 Å². The first-order valence-electron chi connectivity index (χ1n) is 5.61. The summed E-state index contributed by atoms with van der Waals surface area (Å²) in [6.45, 7) is 0.240. The number of nitrogen functional groups attached to an aromatic ring is 1. The van der Waals surface area contributed by atoms with Crippen LogP contribution in [0.25, 0.3) is 0 Å². The molecule has 7 nitrogen and oxygen atoms in total. The molecule has 0 spiro atoms. The molecule has 1 heterocycles. The molecular formula is C12H11BrN4O3. The van der Waals surface area contributed by atoms with Crippen LogP contribution in [0.5, 0.6) is 0 Å². The minimum atomic E-state index is -0.525. The molecule has 8 heteroatoms. The number of nitrogens with zero attached hydrogens (tertiary/aromatic N) is 2. The Kier molecular flexibility index (Phi) is 4.16. The van der Waals surface area contributed by atoms with Crippen molar-refractivity contribution in [3.05, 3.63) is 67.0 Å². The molecule has 0 bridgehead atoms. The second-order valence-electron chi connectivity index (χ2n) is 4.07. The van der Waals surface area contributed by atoms with Gasteiger partial charge in [0.15, 0.2) is 0 Å². The number of hydrogen-bond donors (Lipinski definition) is 2. The van der Waals surface area contributed by atoms with E-state index in [1.165, 1.54) is 22.8 Å². The van der Waals surface area contributed by atoms with Gasteiger partial charge < -0.3 is 9.99 Å². The van der Waals surface area contributed by atoms with E-state index in [2.05, 4.69) is 21.4 Å². The Morgan fingerprint density at radius 1 is 1.35 bits per heavy atom. The molecule has 2 aromatic rings. The molecule has 20 heavy (non-hydrogen) atoms. The minimum absolute atomic E-state index is 0.131. The summed E-state index contributed by atoms with van der Waals surface area (Å²) in [4.78, 5) is 22.1. The van der Waals surface area contributed by atoms with Gasteiger partial charge in [0.05, 0.1) is 11.5 Å². The van der Waals surface area contributed by atoms with Crippen molar-refractivity contribution < 1.29 is 4.92 Å². The first-order chi connectivity index (χ1) is 9.51. The number of hydrogen-bond acceptors (Lipinski definition) is 5. The summed E-state index contributed by atoms with van der Waals surface area (Å²) in [5.41, 5.74) is 2.81. The lowest BCUT2D eigenvalue weighted by molar-refractivity contribution is -0.384. The number of hydrazine groups is 1. The van der Waals surface area contributed by atoms with Gasteiger partial charge in [0.1, 0.15) is 5.69 Å². The van der Waals surface area contributed by atoms with Crippen molar-refractivity contribution >= 4 is 27.3 Å². The topological polar surface area (TPSA) is 103 Å². The Morgan fingerprint density at radius 3 is 2.75 bits per heavy atom. The van der Waals surface area contributed by atoms with Crippen LogP contribution in [0.1, 0.15) is 5.56 Å². The highest BCUT2D eigenvalue weighted by atomic mass is 79.9. The predicted octanol–water partition coefficient (Wildman–Crippen LogP) is 1.85. The molecule has 2 rings (SSSR count). The Morgan fingerprint density at radius 2 is 2.10 bits per heavy atom. The highest BCUT2D eigenvalue weighted by molar-refractivity contribution is 9.10. The summed E-state index contributed by atoms with van der Waals surface area (Å²) in [5, 5.41) is 10.9. The first-order valence-corrected chi connectivity index (χ1v) is 6.40. The number of nitrogens with one attached hydrogen (secondary N) is 1. The second kappa shape index (κ2) is 5.85. The van der Waals surface area contributed by atoms with E-state index in [0.29, 0.717) is 5.56 Å². The number of benzene rings is 1. The van der Waals surface area contributed by atoms with Crippen LogP contribution in [0.3, 0.4) is 0 Å². The largest absolute Gasteiger partial charge is 0.318 e. The average molecular weight is 339 g/mol. The van der Waals surface area contributed by atoms with Gasteiger partial charge >= 0.3 is 0 Å². The number of rotatable bonds is 4. The fourth-order valence-electron chi connectivity index (χ4n) is 1.77. The predicted molar refractivity (Wildman–Crippen MR) is 78.4 cm³/mol. The van der Waals surface area contributed by atoms with E-state index in [-0.39, 0.29) is 23.5 Å². The monoisotopic (exact) mass is 338 g/mol. The second-order valence-corrected chi connectivity index (χ2v) is 4.98. The molecule has 0 fully saturated rings. The Bertz CT molecular complexity index is 714. The zero-order valence-corrected chi connectivity index (χ0v) is 11.8.